The predicted octanol–water partition coefficient (Wildman–Crippen LogP) is 5.07. The lowest BCUT2D eigenvalue weighted by Gasteiger charge is -2.60. The highest BCUT2D eigenvalue weighted by Gasteiger charge is 2.69. The van der Waals surface area contributed by atoms with Crippen LogP contribution < -0.4 is 4.74 Å². The highest BCUT2D eigenvalue weighted by Crippen LogP contribution is 2.60. The fraction of sp³-hybridized carbons (Fsp3) is 0.731. The van der Waals surface area contributed by atoms with Crippen LogP contribution in [0.3, 0.4) is 0 Å². The lowest BCUT2D eigenvalue weighted by molar-refractivity contribution is -0.575. The summed E-state index contributed by atoms with van der Waals surface area (Å²) in [7, 11) is 0. The van der Waals surface area contributed by atoms with Gasteiger partial charge in [-0.1, -0.05) is 26.0 Å². The van der Waals surface area contributed by atoms with Crippen LogP contribution in [0.15, 0.2) is 24.3 Å². The van der Waals surface area contributed by atoms with Crippen molar-refractivity contribution in [1.29, 1.82) is 0 Å². The highest BCUT2D eigenvalue weighted by atomic mass is 17.3. The molecule has 7 nitrogen and oxygen atoms in total. The van der Waals surface area contributed by atoms with Gasteiger partial charge in [-0.15, -0.1) is 0 Å². The maximum absolute atomic E-state index is 10.7. The normalized spacial score (nSPS) is 41.8. The van der Waals surface area contributed by atoms with Gasteiger partial charge in [0.05, 0.1) is 0 Å². The van der Waals surface area contributed by atoms with E-state index in [4.69, 9.17) is 29.1 Å². The van der Waals surface area contributed by atoms with Gasteiger partial charge in [-0.2, -0.15) is 0 Å². The molecule has 2 bridgehead atoms. The number of carboxylic acid groups (broad SMARTS) is 1. The quantitative estimate of drug-likeness (QED) is 0.449. The molecular formula is C26H36O7. The standard InChI is InChI=1S/C26H36O7/c1-16-8-13-21-17(2)23(29-19-11-9-18(10-12-19)6-4-5-7-22(27)28)30-24-26(21)20(16)14-15-25(3,31-24)32-33-26/h9-12,16-17,20-21,23-24H,4-8,13-15H2,1-3H3,(H,27,28)/t16-,17-,20+,21+,23+,24-,25-,26-/m1/s1. The molecule has 4 heterocycles. The molecule has 182 valence electrons. The first-order valence-electron chi connectivity index (χ1n) is 12.5. The third-order valence-electron chi connectivity index (χ3n) is 8.38. The summed E-state index contributed by atoms with van der Waals surface area (Å²) < 4.78 is 19.2. The van der Waals surface area contributed by atoms with Gasteiger partial charge in [0.25, 0.3) is 0 Å². The summed E-state index contributed by atoms with van der Waals surface area (Å²) in [5, 5.41) is 8.78. The average molecular weight is 461 g/mol. The Morgan fingerprint density at radius 1 is 1.09 bits per heavy atom. The lowest BCUT2D eigenvalue weighted by Crippen LogP contribution is -2.70. The van der Waals surface area contributed by atoms with Gasteiger partial charge in [0.15, 0.2) is 11.9 Å². The third-order valence-corrected chi connectivity index (χ3v) is 8.38. The topological polar surface area (TPSA) is 83.5 Å². The molecule has 0 amide bonds. The molecule has 4 aliphatic heterocycles. The Morgan fingerprint density at radius 2 is 1.88 bits per heavy atom. The van der Waals surface area contributed by atoms with Crippen molar-refractivity contribution in [3.05, 3.63) is 29.8 Å². The van der Waals surface area contributed by atoms with Crippen LogP contribution in [0, 0.1) is 23.7 Å². The Bertz CT molecular complexity index is 857. The van der Waals surface area contributed by atoms with Crippen molar-refractivity contribution in [2.75, 3.05) is 0 Å². The SMILES string of the molecule is C[C@H]1[C@@H](Oc2ccc(CCCCC(=O)O)cc2)O[C@@H]2O[C@@]3(C)CC[C@H]4[C@H](C)CC[C@@H]1[C@@]24OO3. The summed E-state index contributed by atoms with van der Waals surface area (Å²) >= 11 is 0. The van der Waals surface area contributed by atoms with Crippen molar-refractivity contribution < 1.29 is 33.9 Å². The summed E-state index contributed by atoms with van der Waals surface area (Å²) in [5.74, 6) is 0.477. The van der Waals surface area contributed by atoms with Gasteiger partial charge in [-0.25, -0.2) is 9.78 Å². The van der Waals surface area contributed by atoms with Crippen molar-refractivity contribution in [2.45, 2.75) is 96.1 Å². The molecule has 0 unspecified atom stereocenters. The number of aryl methyl sites for hydroxylation is 1. The van der Waals surface area contributed by atoms with Gasteiger partial charge >= 0.3 is 5.97 Å². The molecule has 0 radical (unpaired) electrons. The second kappa shape index (κ2) is 8.84. The van der Waals surface area contributed by atoms with E-state index in [1.165, 1.54) is 5.56 Å². The average Bonchev–Trinajstić information content (AvgIpc) is 3.02. The number of carbonyl (C=O) groups is 1. The number of fused-ring (bicyclic) bond motifs is 2. The summed E-state index contributed by atoms with van der Waals surface area (Å²) in [6, 6.07) is 8.04. The number of aliphatic carboxylic acids is 1. The van der Waals surface area contributed by atoms with E-state index in [1.807, 2.05) is 31.2 Å². The van der Waals surface area contributed by atoms with Gasteiger partial charge in [-0.3, -0.25) is 4.79 Å². The molecule has 8 atom stereocenters. The number of unbranched alkanes of at least 4 members (excludes halogenated alkanes) is 1. The zero-order chi connectivity index (χ0) is 23.2. The molecule has 4 saturated heterocycles. The number of rotatable bonds is 7. The second-order valence-electron chi connectivity index (χ2n) is 10.6. The lowest BCUT2D eigenvalue weighted by atomic mass is 9.58. The van der Waals surface area contributed by atoms with Crippen LogP contribution in [-0.2, 0) is 30.5 Å². The first kappa shape index (κ1) is 23.1. The van der Waals surface area contributed by atoms with E-state index in [2.05, 4.69) is 13.8 Å². The van der Waals surface area contributed by atoms with E-state index in [0.717, 1.165) is 44.3 Å². The second-order valence-corrected chi connectivity index (χ2v) is 10.6. The molecule has 33 heavy (non-hydrogen) atoms. The van der Waals surface area contributed by atoms with Gasteiger partial charge in [0.1, 0.15) is 5.75 Å². The molecule has 5 fully saturated rings. The molecule has 5 aliphatic rings. The van der Waals surface area contributed by atoms with Crippen LogP contribution in [0.1, 0.15) is 71.3 Å². The molecule has 7 heteroatoms. The van der Waals surface area contributed by atoms with Crippen molar-refractivity contribution in [3.63, 3.8) is 0 Å². The van der Waals surface area contributed by atoms with Crippen molar-refractivity contribution in [2.24, 2.45) is 23.7 Å². The Kier molecular flexibility index (Phi) is 6.18. The fourth-order valence-corrected chi connectivity index (χ4v) is 6.48. The van der Waals surface area contributed by atoms with Crippen molar-refractivity contribution >= 4 is 5.97 Å². The summed E-state index contributed by atoms with van der Waals surface area (Å²) in [6.07, 6.45) is 5.71. The summed E-state index contributed by atoms with van der Waals surface area (Å²) in [6.45, 7) is 6.43. The molecule has 1 aromatic rings. The van der Waals surface area contributed by atoms with Gasteiger partial charge < -0.3 is 19.3 Å². The Labute approximate surface area is 195 Å². The monoisotopic (exact) mass is 460 g/mol. The Morgan fingerprint density at radius 3 is 2.64 bits per heavy atom. The van der Waals surface area contributed by atoms with Crippen LogP contribution in [0.4, 0.5) is 0 Å². The van der Waals surface area contributed by atoms with Crippen LogP contribution >= 0.6 is 0 Å². The minimum absolute atomic E-state index is 0.126. The van der Waals surface area contributed by atoms with E-state index in [9.17, 15) is 4.79 Å². The zero-order valence-electron chi connectivity index (χ0n) is 19.8. The molecule has 6 rings (SSSR count). The van der Waals surface area contributed by atoms with Gasteiger partial charge in [0, 0.05) is 24.7 Å². The van der Waals surface area contributed by atoms with Gasteiger partial charge in [0.2, 0.25) is 12.1 Å². The van der Waals surface area contributed by atoms with E-state index in [0.29, 0.717) is 18.3 Å². The largest absolute Gasteiger partial charge is 0.481 e. The summed E-state index contributed by atoms with van der Waals surface area (Å²) in [5.41, 5.74) is 0.601. The minimum atomic E-state index is -0.787. The fourth-order valence-electron chi connectivity index (χ4n) is 6.48. The predicted molar refractivity (Wildman–Crippen MR) is 119 cm³/mol. The maximum Gasteiger partial charge on any atom is 0.303 e. The minimum Gasteiger partial charge on any atom is -0.481 e. The maximum atomic E-state index is 10.7. The molecule has 0 aromatic heterocycles. The van der Waals surface area contributed by atoms with Crippen LogP contribution in [0.25, 0.3) is 0 Å². The molecule has 1 aromatic carbocycles. The van der Waals surface area contributed by atoms with Crippen LogP contribution in [-0.4, -0.2) is 35.0 Å². The van der Waals surface area contributed by atoms with E-state index in [1.54, 1.807) is 0 Å². The summed E-state index contributed by atoms with van der Waals surface area (Å²) in [4.78, 5) is 22.7. The number of benzene rings is 1. The molecule has 1 N–H and O–H groups in total. The molecule has 1 saturated carbocycles. The highest BCUT2D eigenvalue weighted by molar-refractivity contribution is 5.66. The Hall–Kier alpha value is -1.67. The van der Waals surface area contributed by atoms with E-state index < -0.39 is 29.9 Å². The van der Waals surface area contributed by atoms with Crippen molar-refractivity contribution in [3.8, 4) is 5.75 Å². The van der Waals surface area contributed by atoms with Gasteiger partial charge in [-0.05, 0) is 75.0 Å². The van der Waals surface area contributed by atoms with E-state index >= 15 is 0 Å². The van der Waals surface area contributed by atoms with Crippen LogP contribution in [0.5, 0.6) is 5.75 Å². The molecule has 1 spiro atoms. The number of hydrogen-bond donors (Lipinski definition) is 1. The van der Waals surface area contributed by atoms with Crippen LogP contribution in [0.2, 0.25) is 0 Å². The number of hydrogen-bond acceptors (Lipinski definition) is 6. The third kappa shape index (κ3) is 4.18. The Balaban J connectivity index is 1.29. The number of ether oxygens (including phenoxy) is 3. The first-order valence-corrected chi connectivity index (χ1v) is 12.5. The zero-order valence-corrected chi connectivity index (χ0v) is 19.8. The number of carboxylic acids is 1. The molecular weight excluding hydrogens is 424 g/mol. The smallest absolute Gasteiger partial charge is 0.303 e. The molecule has 1 aliphatic carbocycles. The first-order chi connectivity index (χ1) is 15.8. The van der Waals surface area contributed by atoms with Crippen molar-refractivity contribution in [1.82, 2.24) is 0 Å². The van der Waals surface area contributed by atoms with E-state index in [-0.39, 0.29) is 18.3 Å².